The molecule has 2 aliphatic rings. The summed E-state index contributed by atoms with van der Waals surface area (Å²) in [6.07, 6.45) is 6.09. The number of likely N-dealkylation sites (tertiary alicyclic amines) is 1. The zero-order valence-corrected chi connectivity index (χ0v) is 15.5. The molecule has 2 aliphatic heterocycles. The zero-order chi connectivity index (χ0) is 18.6. The number of rotatable bonds is 7. The van der Waals surface area contributed by atoms with Crippen molar-refractivity contribution in [2.24, 2.45) is 13.0 Å². The van der Waals surface area contributed by atoms with Crippen molar-refractivity contribution in [3.05, 3.63) is 29.7 Å². The van der Waals surface area contributed by atoms with Crippen LogP contribution in [0, 0.1) is 5.92 Å². The molecule has 0 aromatic carbocycles. The molecule has 146 valence electrons. The summed E-state index contributed by atoms with van der Waals surface area (Å²) in [6.45, 7) is 4.22. The molecule has 2 saturated heterocycles. The first-order valence-corrected chi connectivity index (χ1v) is 9.45. The maximum atomic E-state index is 12.3. The molecule has 1 amide bonds. The molecule has 2 aromatic heterocycles. The van der Waals surface area contributed by atoms with Crippen LogP contribution in [-0.4, -0.2) is 70.2 Å². The topological polar surface area (TPSA) is 95.5 Å². The van der Waals surface area contributed by atoms with Crippen LogP contribution in [0.25, 0.3) is 0 Å². The number of aryl methyl sites for hydroxylation is 1. The van der Waals surface area contributed by atoms with Gasteiger partial charge in [-0.15, -0.1) is 0 Å². The molecule has 27 heavy (non-hydrogen) atoms. The van der Waals surface area contributed by atoms with E-state index in [1.165, 1.54) is 0 Å². The van der Waals surface area contributed by atoms with Gasteiger partial charge in [0, 0.05) is 52.6 Å². The lowest BCUT2D eigenvalue weighted by atomic mass is 9.99. The lowest BCUT2D eigenvalue weighted by Crippen LogP contribution is -2.48. The van der Waals surface area contributed by atoms with Crippen molar-refractivity contribution in [3.63, 3.8) is 0 Å². The van der Waals surface area contributed by atoms with Crippen LogP contribution in [0.5, 0.6) is 0 Å². The summed E-state index contributed by atoms with van der Waals surface area (Å²) in [6, 6.07) is 0. The summed E-state index contributed by atoms with van der Waals surface area (Å²) in [5, 5.41) is 8.07. The molecule has 0 saturated carbocycles. The second-order valence-corrected chi connectivity index (χ2v) is 7.24. The second kappa shape index (κ2) is 8.18. The van der Waals surface area contributed by atoms with Crippen molar-refractivity contribution >= 4 is 5.91 Å². The van der Waals surface area contributed by atoms with Crippen LogP contribution < -0.4 is 0 Å². The molecule has 4 rings (SSSR count). The number of amides is 1. The molecule has 0 radical (unpaired) electrons. The Hall–Kier alpha value is -2.26. The summed E-state index contributed by atoms with van der Waals surface area (Å²) in [7, 11) is 1.79. The molecule has 0 unspecified atom stereocenters. The van der Waals surface area contributed by atoms with E-state index in [0.29, 0.717) is 49.3 Å². The Morgan fingerprint density at radius 1 is 1.33 bits per heavy atom. The van der Waals surface area contributed by atoms with Gasteiger partial charge >= 0.3 is 0 Å². The number of hydrogen-bond acceptors (Lipinski definition) is 7. The molecule has 9 heteroatoms. The van der Waals surface area contributed by atoms with E-state index in [1.807, 2.05) is 0 Å². The standard InChI is InChI=1S/C18H25N5O4/c1-22-9-14(8-19-22)18(24)23-10-15(11-23)17-20-16(21-27-17)4-7-26-12-13-2-5-25-6-3-13/h8-9,13,15H,2-7,10-12H2,1H3. The Bertz CT molecular complexity index is 761. The van der Waals surface area contributed by atoms with Gasteiger partial charge in [0.05, 0.1) is 24.3 Å². The highest BCUT2D eigenvalue weighted by molar-refractivity contribution is 5.94. The third-order valence-corrected chi connectivity index (χ3v) is 5.12. The Morgan fingerprint density at radius 3 is 2.89 bits per heavy atom. The van der Waals surface area contributed by atoms with Gasteiger partial charge in [0.15, 0.2) is 5.82 Å². The third kappa shape index (κ3) is 4.36. The smallest absolute Gasteiger partial charge is 0.257 e. The van der Waals surface area contributed by atoms with Gasteiger partial charge in [-0.05, 0) is 18.8 Å². The predicted octanol–water partition coefficient (Wildman–Crippen LogP) is 1.03. The van der Waals surface area contributed by atoms with E-state index in [-0.39, 0.29) is 11.8 Å². The van der Waals surface area contributed by atoms with Gasteiger partial charge in [-0.3, -0.25) is 9.48 Å². The minimum atomic E-state index is -0.0133. The van der Waals surface area contributed by atoms with Gasteiger partial charge in [-0.1, -0.05) is 5.16 Å². The second-order valence-electron chi connectivity index (χ2n) is 7.24. The molecule has 0 atom stereocenters. The Labute approximate surface area is 157 Å². The molecular weight excluding hydrogens is 350 g/mol. The third-order valence-electron chi connectivity index (χ3n) is 5.12. The van der Waals surface area contributed by atoms with Crippen LogP contribution in [0.1, 0.15) is 40.8 Å². The maximum absolute atomic E-state index is 12.3. The first kappa shape index (κ1) is 18.1. The van der Waals surface area contributed by atoms with Gasteiger partial charge in [-0.25, -0.2) is 0 Å². The highest BCUT2D eigenvalue weighted by atomic mass is 16.5. The van der Waals surface area contributed by atoms with Crippen molar-refractivity contribution in [1.29, 1.82) is 0 Å². The Balaban J connectivity index is 1.18. The average Bonchev–Trinajstić information content (AvgIpc) is 3.28. The fraction of sp³-hybridized carbons (Fsp3) is 0.667. The molecule has 2 fully saturated rings. The Kier molecular flexibility index (Phi) is 5.49. The van der Waals surface area contributed by atoms with Gasteiger partial charge in [-0.2, -0.15) is 10.1 Å². The van der Waals surface area contributed by atoms with Gasteiger partial charge in [0.2, 0.25) is 5.89 Å². The van der Waals surface area contributed by atoms with Crippen LogP contribution >= 0.6 is 0 Å². The van der Waals surface area contributed by atoms with E-state index < -0.39 is 0 Å². The SMILES string of the molecule is Cn1cc(C(=O)N2CC(c3nc(CCOCC4CCOCC4)no3)C2)cn1. The van der Waals surface area contributed by atoms with E-state index >= 15 is 0 Å². The van der Waals surface area contributed by atoms with Crippen LogP contribution in [0.15, 0.2) is 16.9 Å². The summed E-state index contributed by atoms with van der Waals surface area (Å²) in [4.78, 5) is 18.5. The van der Waals surface area contributed by atoms with Gasteiger partial charge in [0.1, 0.15) is 0 Å². The van der Waals surface area contributed by atoms with Crippen molar-refractivity contribution in [2.75, 3.05) is 39.5 Å². The minimum absolute atomic E-state index is 0.0133. The van der Waals surface area contributed by atoms with Gasteiger partial charge in [0.25, 0.3) is 5.91 Å². The molecule has 4 heterocycles. The van der Waals surface area contributed by atoms with Gasteiger partial charge < -0.3 is 18.9 Å². The maximum Gasteiger partial charge on any atom is 0.257 e. The van der Waals surface area contributed by atoms with E-state index in [4.69, 9.17) is 14.0 Å². The molecule has 0 bridgehead atoms. The van der Waals surface area contributed by atoms with Crippen molar-refractivity contribution < 1.29 is 18.8 Å². The molecule has 2 aromatic rings. The van der Waals surface area contributed by atoms with Crippen molar-refractivity contribution in [1.82, 2.24) is 24.8 Å². The van der Waals surface area contributed by atoms with E-state index in [1.54, 1.807) is 29.0 Å². The molecule has 9 nitrogen and oxygen atoms in total. The molecule has 0 spiro atoms. The zero-order valence-electron chi connectivity index (χ0n) is 15.5. The predicted molar refractivity (Wildman–Crippen MR) is 94.2 cm³/mol. The summed E-state index contributed by atoms with van der Waals surface area (Å²) < 4.78 is 18.1. The van der Waals surface area contributed by atoms with Crippen LogP contribution in [-0.2, 0) is 22.9 Å². The number of hydrogen-bond donors (Lipinski definition) is 0. The van der Waals surface area contributed by atoms with E-state index in [0.717, 1.165) is 32.7 Å². The monoisotopic (exact) mass is 375 g/mol. The van der Waals surface area contributed by atoms with E-state index in [2.05, 4.69) is 15.2 Å². The van der Waals surface area contributed by atoms with Crippen molar-refractivity contribution in [2.45, 2.75) is 25.2 Å². The number of ether oxygens (including phenoxy) is 2. The van der Waals surface area contributed by atoms with E-state index in [9.17, 15) is 4.79 Å². The first-order valence-electron chi connectivity index (χ1n) is 9.45. The van der Waals surface area contributed by atoms with Crippen molar-refractivity contribution in [3.8, 4) is 0 Å². The summed E-state index contributed by atoms with van der Waals surface area (Å²) in [5.74, 6) is 1.95. The molecular formula is C18H25N5O4. The number of nitrogens with zero attached hydrogens (tertiary/aromatic N) is 5. The lowest BCUT2D eigenvalue weighted by molar-refractivity contribution is 0.0211. The fourth-order valence-corrected chi connectivity index (χ4v) is 3.38. The largest absolute Gasteiger partial charge is 0.381 e. The molecule has 0 aliphatic carbocycles. The number of carbonyl (C=O) groups is 1. The fourth-order valence-electron chi connectivity index (χ4n) is 3.38. The van der Waals surface area contributed by atoms with Crippen LogP contribution in [0.2, 0.25) is 0 Å². The van der Waals surface area contributed by atoms with Crippen LogP contribution in [0.4, 0.5) is 0 Å². The lowest BCUT2D eigenvalue weighted by Gasteiger charge is -2.36. The first-order chi connectivity index (χ1) is 13.2. The number of aromatic nitrogens is 4. The van der Waals surface area contributed by atoms with Crippen LogP contribution in [0.3, 0.4) is 0 Å². The number of carbonyl (C=O) groups excluding carboxylic acids is 1. The highest BCUT2D eigenvalue weighted by Crippen LogP contribution is 2.27. The average molecular weight is 375 g/mol. The normalized spacial score (nSPS) is 18.6. The highest BCUT2D eigenvalue weighted by Gasteiger charge is 2.36. The summed E-state index contributed by atoms with van der Waals surface area (Å²) in [5.41, 5.74) is 0.601. The quantitative estimate of drug-likeness (QED) is 0.667. The molecule has 0 N–H and O–H groups in total. The minimum Gasteiger partial charge on any atom is -0.381 e. The summed E-state index contributed by atoms with van der Waals surface area (Å²) >= 11 is 0. The Morgan fingerprint density at radius 2 is 2.15 bits per heavy atom.